The molecule has 0 bridgehead atoms. The van der Waals surface area contributed by atoms with Crippen molar-refractivity contribution in [2.75, 3.05) is 6.54 Å². The Labute approximate surface area is 166 Å². The zero-order valence-electron chi connectivity index (χ0n) is 14.7. The van der Waals surface area contributed by atoms with Crippen molar-refractivity contribution in [2.45, 2.75) is 24.0 Å². The minimum absolute atomic E-state index is 0.0476. The topological polar surface area (TPSA) is 76.4 Å². The summed E-state index contributed by atoms with van der Waals surface area (Å²) in [6.07, 6.45) is 0. The third-order valence-electron chi connectivity index (χ3n) is 4.11. The summed E-state index contributed by atoms with van der Waals surface area (Å²) in [5.74, 6) is 0.761. The molecule has 0 aliphatic rings. The van der Waals surface area contributed by atoms with Crippen molar-refractivity contribution in [1.82, 2.24) is 5.32 Å². The van der Waals surface area contributed by atoms with Crippen LogP contribution in [0, 0.1) is 13.8 Å². The lowest BCUT2D eigenvalue weighted by Crippen LogP contribution is -2.31. The molecule has 3 rings (SSSR count). The number of hydrogen-bond donors (Lipinski definition) is 1. The largest absolute Gasteiger partial charge is 0.466 e. The second-order valence-electron chi connectivity index (χ2n) is 6.04. The molecule has 2 heterocycles. The number of rotatable bonds is 6. The van der Waals surface area contributed by atoms with Crippen LogP contribution in [0.4, 0.5) is 0 Å². The van der Waals surface area contributed by atoms with Crippen molar-refractivity contribution < 1.29 is 17.6 Å². The van der Waals surface area contributed by atoms with Crippen molar-refractivity contribution in [3.8, 4) is 0 Å². The van der Waals surface area contributed by atoms with Crippen LogP contribution >= 0.6 is 22.9 Å². The van der Waals surface area contributed by atoms with Crippen LogP contribution in [-0.2, 0) is 9.84 Å². The van der Waals surface area contributed by atoms with E-state index in [-0.39, 0.29) is 17.3 Å². The van der Waals surface area contributed by atoms with E-state index in [0.717, 1.165) is 0 Å². The zero-order chi connectivity index (χ0) is 19.6. The van der Waals surface area contributed by atoms with Crippen LogP contribution in [0.15, 0.2) is 57.2 Å². The number of aryl methyl sites for hydroxylation is 2. The molecular formula is C19H18ClNO4S2. The molecule has 0 unspecified atom stereocenters. The van der Waals surface area contributed by atoms with Crippen molar-refractivity contribution in [2.24, 2.45) is 0 Å². The van der Waals surface area contributed by atoms with Crippen LogP contribution < -0.4 is 5.32 Å². The van der Waals surface area contributed by atoms with Crippen LogP contribution in [0.1, 0.15) is 32.0 Å². The van der Waals surface area contributed by atoms with Crippen molar-refractivity contribution in [3.63, 3.8) is 0 Å². The minimum atomic E-state index is -3.71. The fraction of sp³-hybridized carbons (Fsp3) is 0.211. The van der Waals surface area contributed by atoms with Gasteiger partial charge < -0.3 is 9.73 Å². The van der Waals surface area contributed by atoms with Gasteiger partial charge >= 0.3 is 0 Å². The maximum absolute atomic E-state index is 13.2. The SMILES string of the molecule is Cc1cc(C(=O)NC[C@H](c2cccs2)S(=O)(=O)c2ccc(Cl)cc2)c(C)o1. The van der Waals surface area contributed by atoms with Gasteiger partial charge in [-0.1, -0.05) is 17.7 Å². The van der Waals surface area contributed by atoms with Gasteiger partial charge in [-0.25, -0.2) is 8.42 Å². The maximum Gasteiger partial charge on any atom is 0.254 e. The molecule has 1 amide bonds. The second kappa shape index (κ2) is 7.88. The molecule has 142 valence electrons. The lowest BCUT2D eigenvalue weighted by molar-refractivity contribution is 0.0952. The number of carbonyl (C=O) groups is 1. The van der Waals surface area contributed by atoms with Crippen molar-refractivity contribution in [3.05, 3.63) is 74.8 Å². The molecule has 0 aliphatic carbocycles. The van der Waals surface area contributed by atoms with Gasteiger partial charge in [0.05, 0.1) is 10.5 Å². The summed E-state index contributed by atoms with van der Waals surface area (Å²) in [5.41, 5.74) is 0.404. The molecule has 0 saturated carbocycles. The molecule has 8 heteroatoms. The molecular weight excluding hydrogens is 406 g/mol. The van der Waals surface area contributed by atoms with E-state index in [4.69, 9.17) is 16.0 Å². The summed E-state index contributed by atoms with van der Waals surface area (Å²) >= 11 is 7.20. The molecule has 27 heavy (non-hydrogen) atoms. The van der Waals surface area contributed by atoms with Crippen LogP contribution in [0.25, 0.3) is 0 Å². The third kappa shape index (κ3) is 4.26. The van der Waals surface area contributed by atoms with E-state index in [1.807, 2.05) is 5.38 Å². The zero-order valence-corrected chi connectivity index (χ0v) is 17.1. The number of benzene rings is 1. The quantitative estimate of drug-likeness (QED) is 0.630. The van der Waals surface area contributed by atoms with E-state index in [2.05, 4.69) is 5.32 Å². The van der Waals surface area contributed by atoms with Gasteiger partial charge in [0, 0.05) is 16.4 Å². The van der Waals surface area contributed by atoms with E-state index in [1.165, 1.54) is 35.6 Å². The van der Waals surface area contributed by atoms with Crippen LogP contribution in [0.5, 0.6) is 0 Å². The monoisotopic (exact) mass is 423 g/mol. The smallest absolute Gasteiger partial charge is 0.254 e. The fourth-order valence-corrected chi connectivity index (χ4v) is 5.67. The Bertz CT molecular complexity index is 1040. The Morgan fingerprint density at radius 2 is 1.93 bits per heavy atom. The van der Waals surface area contributed by atoms with Crippen LogP contribution in [0.3, 0.4) is 0 Å². The number of amides is 1. The highest BCUT2D eigenvalue weighted by Crippen LogP contribution is 2.32. The fourth-order valence-electron chi connectivity index (χ4n) is 2.76. The average Bonchev–Trinajstić information content (AvgIpc) is 3.24. The molecule has 0 aliphatic heterocycles. The molecule has 0 saturated heterocycles. The summed E-state index contributed by atoms with van der Waals surface area (Å²) in [6, 6.07) is 11.2. The van der Waals surface area contributed by atoms with Gasteiger partial charge in [0.2, 0.25) is 0 Å². The summed E-state index contributed by atoms with van der Waals surface area (Å²) in [4.78, 5) is 13.3. The van der Waals surface area contributed by atoms with Crippen molar-refractivity contribution in [1.29, 1.82) is 0 Å². The summed E-state index contributed by atoms with van der Waals surface area (Å²) in [7, 11) is -3.71. The second-order valence-corrected chi connectivity index (χ2v) is 9.59. The van der Waals surface area contributed by atoms with E-state index in [0.29, 0.717) is 27.0 Å². The number of nitrogens with one attached hydrogen (secondary N) is 1. The first-order chi connectivity index (χ1) is 12.8. The summed E-state index contributed by atoms with van der Waals surface area (Å²) in [5, 5.41) is 4.11. The standard InChI is InChI=1S/C19H18ClNO4S2/c1-12-10-16(13(2)25-12)19(22)21-11-18(17-4-3-9-26-17)27(23,24)15-7-5-14(20)6-8-15/h3-10,18H,11H2,1-2H3,(H,21,22)/t18-/m1/s1. The van der Waals surface area contributed by atoms with Crippen molar-refractivity contribution >= 4 is 38.7 Å². The molecule has 1 aromatic carbocycles. The number of sulfone groups is 1. The first-order valence-corrected chi connectivity index (χ1v) is 11.0. The Morgan fingerprint density at radius 1 is 1.22 bits per heavy atom. The lowest BCUT2D eigenvalue weighted by atomic mass is 10.2. The molecule has 0 radical (unpaired) electrons. The predicted molar refractivity (Wildman–Crippen MR) is 106 cm³/mol. The van der Waals surface area contributed by atoms with E-state index in [1.54, 1.807) is 32.0 Å². The Balaban J connectivity index is 1.87. The van der Waals surface area contributed by atoms with Crippen LogP contribution in [0.2, 0.25) is 5.02 Å². The first kappa shape index (κ1) is 19.7. The number of thiophene rings is 1. The van der Waals surface area contributed by atoms with Gasteiger partial charge in [0.15, 0.2) is 9.84 Å². The number of hydrogen-bond acceptors (Lipinski definition) is 5. The number of carbonyl (C=O) groups excluding carboxylic acids is 1. The van der Waals surface area contributed by atoms with Gasteiger partial charge in [0.25, 0.3) is 5.91 Å². The molecule has 2 aromatic heterocycles. The number of furan rings is 1. The molecule has 1 atom stereocenters. The van der Waals surface area contributed by atoms with Gasteiger partial charge in [-0.3, -0.25) is 4.79 Å². The highest BCUT2D eigenvalue weighted by Gasteiger charge is 2.31. The highest BCUT2D eigenvalue weighted by molar-refractivity contribution is 7.91. The molecule has 0 spiro atoms. The normalized spacial score (nSPS) is 12.7. The van der Waals surface area contributed by atoms with E-state index in [9.17, 15) is 13.2 Å². The van der Waals surface area contributed by atoms with Gasteiger partial charge in [0.1, 0.15) is 16.8 Å². The molecule has 5 nitrogen and oxygen atoms in total. The Hall–Kier alpha value is -2.09. The first-order valence-electron chi connectivity index (χ1n) is 8.17. The van der Waals surface area contributed by atoms with E-state index < -0.39 is 15.1 Å². The van der Waals surface area contributed by atoms with Crippen LogP contribution in [-0.4, -0.2) is 20.9 Å². The van der Waals surface area contributed by atoms with Gasteiger partial charge in [-0.15, -0.1) is 11.3 Å². The molecule has 1 N–H and O–H groups in total. The Kier molecular flexibility index (Phi) is 5.74. The summed E-state index contributed by atoms with van der Waals surface area (Å²) in [6.45, 7) is 3.40. The minimum Gasteiger partial charge on any atom is -0.466 e. The maximum atomic E-state index is 13.2. The highest BCUT2D eigenvalue weighted by atomic mass is 35.5. The molecule has 0 fully saturated rings. The van der Waals surface area contributed by atoms with Gasteiger partial charge in [-0.05, 0) is 55.6 Å². The van der Waals surface area contributed by atoms with Gasteiger partial charge in [-0.2, -0.15) is 0 Å². The lowest BCUT2D eigenvalue weighted by Gasteiger charge is -2.17. The average molecular weight is 424 g/mol. The van der Waals surface area contributed by atoms with E-state index >= 15 is 0 Å². The predicted octanol–water partition coefficient (Wildman–Crippen LogP) is 4.56. The Morgan fingerprint density at radius 3 is 2.48 bits per heavy atom. The molecule has 3 aromatic rings. The summed E-state index contributed by atoms with van der Waals surface area (Å²) < 4.78 is 31.7. The third-order valence-corrected chi connectivity index (χ3v) is 7.60. The number of halogens is 1.